The summed E-state index contributed by atoms with van der Waals surface area (Å²) in [6.07, 6.45) is 1.93. The lowest BCUT2D eigenvalue weighted by molar-refractivity contribution is 0.0952. The maximum atomic E-state index is 13.1. The Morgan fingerprint density at radius 2 is 1.75 bits per heavy atom. The molecule has 4 aromatic rings. The number of pyridine rings is 1. The monoisotopic (exact) mass is 427 g/mol. The number of amides is 1. The van der Waals surface area contributed by atoms with Crippen LogP contribution in [0.4, 0.5) is 5.82 Å². The predicted octanol–water partition coefficient (Wildman–Crippen LogP) is 4.60. The number of nitrogens with one attached hydrogen (secondary N) is 2. The lowest BCUT2D eigenvalue weighted by Crippen LogP contribution is -2.27. The molecule has 32 heavy (non-hydrogen) atoms. The van der Waals surface area contributed by atoms with Crippen LogP contribution in [0, 0.1) is 0 Å². The van der Waals surface area contributed by atoms with Crippen molar-refractivity contribution in [1.82, 2.24) is 14.7 Å². The molecule has 6 heteroatoms. The number of hydrogen-bond acceptors (Lipinski definition) is 4. The first-order valence-electron chi connectivity index (χ1n) is 10.8. The summed E-state index contributed by atoms with van der Waals surface area (Å²) < 4.78 is 1.96. The fourth-order valence-electron chi connectivity index (χ4n) is 3.66. The predicted molar refractivity (Wildman–Crippen MR) is 130 cm³/mol. The quantitative estimate of drug-likeness (QED) is 0.420. The van der Waals surface area contributed by atoms with Crippen LogP contribution in [0.15, 0.2) is 72.9 Å². The second-order valence-corrected chi connectivity index (χ2v) is 8.87. The molecule has 0 bridgehead atoms. The van der Waals surface area contributed by atoms with Crippen molar-refractivity contribution in [3.05, 3.63) is 89.6 Å². The average molecular weight is 428 g/mol. The molecule has 4 rings (SSSR count). The zero-order valence-corrected chi connectivity index (χ0v) is 18.7. The van der Waals surface area contributed by atoms with E-state index in [1.807, 2.05) is 77.3 Å². The molecule has 0 spiro atoms. The van der Waals surface area contributed by atoms with Gasteiger partial charge in [-0.15, -0.1) is 0 Å². The van der Waals surface area contributed by atoms with Crippen molar-refractivity contribution in [2.75, 3.05) is 5.32 Å². The van der Waals surface area contributed by atoms with Gasteiger partial charge in [0.25, 0.3) is 5.91 Å². The average Bonchev–Trinajstić information content (AvgIpc) is 3.15. The number of anilines is 1. The largest absolute Gasteiger partial charge is 0.365 e. The zero-order chi connectivity index (χ0) is 22.7. The van der Waals surface area contributed by atoms with Crippen molar-refractivity contribution >= 4 is 17.4 Å². The first-order valence-corrected chi connectivity index (χ1v) is 10.8. The molecule has 4 N–H and O–H groups in total. The van der Waals surface area contributed by atoms with Crippen LogP contribution in [-0.2, 0) is 13.1 Å². The highest BCUT2D eigenvalue weighted by Gasteiger charge is 2.22. The van der Waals surface area contributed by atoms with E-state index in [2.05, 4.69) is 31.4 Å². The summed E-state index contributed by atoms with van der Waals surface area (Å²) in [6, 6.07) is 21.6. The Morgan fingerprint density at radius 3 is 2.47 bits per heavy atom. The summed E-state index contributed by atoms with van der Waals surface area (Å²) in [5, 5.41) is 6.59. The highest BCUT2D eigenvalue weighted by atomic mass is 16.1. The van der Waals surface area contributed by atoms with Gasteiger partial charge in [-0.1, -0.05) is 54.6 Å². The third-order valence-corrected chi connectivity index (χ3v) is 5.12. The molecule has 0 aliphatic rings. The van der Waals surface area contributed by atoms with E-state index in [1.165, 1.54) is 0 Å². The van der Waals surface area contributed by atoms with E-state index in [4.69, 9.17) is 10.7 Å². The van der Waals surface area contributed by atoms with Gasteiger partial charge < -0.3 is 16.4 Å². The molecule has 2 heterocycles. The number of fused-ring (bicyclic) bond motifs is 1. The van der Waals surface area contributed by atoms with Crippen LogP contribution in [-0.4, -0.2) is 20.8 Å². The molecule has 1 amide bonds. The summed E-state index contributed by atoms with van der Waals surface area (Å²) in [6.45, 7) is 7.21. The molecule has 2 aromatic heterocycles. The van der Waals surface area contributed by atoms with Crippen molar-refractivity contribution in [3.63, 3.8) is 0 Å². The Balaban J connectivity index is 1.71. The fourth-order valence-corrected chi connectivity index (χ4v) is 3.66. The van der Waals surface area contributed by atoms with Crippen LogP contribution in [0.3, 0.4) is 0 Å². The van der Waals surface area contributed by atoms with Gasteiger partial charge in [0, 0.05) is 30.4 Å². The standard InChI is InChI=1S/C26H29N5O/c1-26(2,3)30-24-22(20-11-5-4-6-12-20)29-23-21(13-8-14-31(23)24)25(32)28-17-19-10-7-9-18(15-19)16-27/h4-15,30H,16-17,27H2,1-3H3,(H,28,32). The first kappa shape index (κ1) is 21.6. The highest BCUT2D eigenvalue weighted by Crippen LogP contribution is 2.31. The molecule has 0 atom stereocenters. The van der Waals surface area contributed by atoms with Gasteiger partial charge >= 0.3 is 0 Å². The minimum Gasteiger partial charge on any atom is -0.365 e. The topological polar surface area (TPSA) is 84.5 Å². The summed E-state index contributed by atoms with van der Waals surface area (Å²) >= 11 is 0. The van der Waals surface area contributed by atoms with Crippen molar-refractivity contribution < 1.29 is 4.79 Å². The molecule has 164 valence electrons. The molecule has 0 saturated heterocycles. The van der Waals surface area contributed by atoms with Gasteiger partial charge in [-0.25, -0.2) is 4.98 Å². The fraction of sp³-hybridized carbons (Fsp3) is 0.231. The third-order valence-electron chi connectivity index (χ3n) is 5.12. The van der Waals surface area contributed by atoms with Crippen molar-refractivity contribution in [1.29, 1.82) is 0 Å². The van der Waals surface area contributed by atoms with E-state index in [0.717, 1.165) is 28.2 Å². The van der Waals surface area contributed by atoms with Gasteiger partial charge in [0.1, 0.15) is 11.5 Å². The first-order chi connectivity index (χ1) is 15.4. The molecular formula is C26H29N5O. The Kier molecular flexibility index (Phi) is 5.97. The maximum Gasteiger partial charge on any atom is 0.255 e. The molecule has 0 aliphatic heterocycles. The Bertz CT molecular complexity index is 1240. The number of aromatic nitrogens is 2. The minimum atomic E-state index is -0.175. The van der Waals surface area contributed by atoms with Crippen molar-refractivity contribution in [3.8, 4) is 11.3 Å². The van der Waals surface area contributed by atoms with Crippen LogP contribution in [0.1, 0.15) is 42.3 Å². The molecule has 0 aliphatic carbocycles. The van der Waals surface area contributed by atoms with Crippen LogP contribution in [0.2, 0.25) is 0 Å². The molecule has 0 radical (unpaired) electrons. The van der Waals surface area contributed by atoms with Crippen LogP contribution >= 0.6 is 0 Å². The van der Waals surface area contributed by atoms with Gasteiger partial charge in [-0.2, -0.15) is 0 Å². The Labute approximate surface area is 188 Å². The number of hydrogen-bond donors (Lipinski definition) is 3. The molecule has 0 fully saturated rings. The van der Waals surface area contributed by atoms with E-state index in [-0.39, 0.29) is 11.4 Å². The van der Waals surface area contributed by atoms with Gasteiger partial charge in [0.05, 0.1) is 5.56 Å². The second kappa shape index (κ2) is 8.85. The number of rotatable bonds is 6. The lowest BCUT2D eigenvalue weighted by atomic mass is 10.1. The lowest BCUT2D eigenvalue weighted by Gasteiger charge is -2.22. The van der Waals surface area contributed by atoms with Crippen molar-refractivity contribution in [2.45, 2.75) is 39.4 Å². The summed E-state index contributed by atoms with van der Waals surface area (Å²) in [7, 11) is 0. The van der Waals surface area contributed by atoms with Crippen molar-refractivity contribution in [2.24, 2.45) is 5.73 Å². The molecule has 0 saturated carbocycles. The van der Waals surface area contributed by atoms with Crippen LogP contribution in [0.25, 0.3) is 16.9 Å². The highest BCUT2D eigenvalue weighted by molar-refractivity contribution is 6.00. The zero-order valence-electron chi connectivity index (χ0n) is 18.7. The number of nitrogens with two attached hydrogens (primary N) is 1. The van der Waals surface area contributed by atoms with Gasteiger partial charge in [0.2, 0.25) is 0 Å². The van der Waals surface area contributed by atoms with Crippen LogP contribution in [0.5, 0.6) is 0 Å². The van der Waals surface area contributed by atoms with Gasteiger partial charge in [-0.05, 0) is 44.0 Å². The Morgan fingerprint density at radius 1 is 1.00 bits per heavy atom. The third kappa shape index (κ3) is 4.65. The van der Waals surface area contributed by atoms with Gasteiger partial charge in [0.15, 0.2) is 5.65 Å². The number of benzene rings is 2. The molecule has 2 aromatic carbocycles. The SMILES string of the molecule is CC(C)(C)Nc1c(-c2ccccc2)nc2c(C(=O)NCc3cccc(CN)c3)cccn12. The number of nitrogens with zero attached hydrogens (tertiary/aromatic N) is 2. The molecule has 0 unspecified atom stereocenters. The van der Waals surface area contributed by atoms with E-state index in [9.17, 15) is 4.79 Å². The number of carbonyl (C=O) groups excluding carboxylic acids is 1. The van der Waals surface area contributed by atoms with E-state index in [1.54, 1.807) is 0 Å². The van der Waals surface area contributed by atoms with Gasteiger partial charge in [-0.3, -0.25) is 9.20 Å². The van der Waals surface area contributed by atoms with E-state index in [0.29, 0.717) is 24.3 Å². The smallest absolute Gasteiger partial charge is 0.255 e. The normalized spacial score (nSPS) is 11.5. The number of imidazole rings is 1. The molecule has 6 nitrogen and oxygen atoms in total. The van der Waals surface area contributed by atoms with E-state index >= 15 is 0 Å². The second-order valence-electron chi connectivity index (χ2n) is 8.87. The molecular weight excluding hydrogens is 398 g/mol. The maximum absolute atomic E-state index is 13.1. The summed E-state index contributed by atoms with van der Waals surface area (Å²) in [5.41, 5.74) is 10.6. The summed E-state index contributed by atoms with van der Waals surface area (Å²) in [4.78, 5) is 18.0. The minimum absolute atomic E-state index is 0.166. The van der Waals surface area contributed by atoms with E-state index < -0.39 is 0 Å². The number of carbonyl (C=O) groups is 1. The Hall–Kier alpha value is -3.64. The van der Waals surface area contributed by atoms with Crippen LogP contribution < -0.4 is 16.4 Å². The summed E-state index contributed by atoms with van der Waals surface area (Å²) in [5.74, 6) is 0.699.